The molecule has 5 nitrogen and oxygen atoms in total. The lowest BCUT2D eigenvalue weighted by Gasteiger charge is -2.04. The van der Waals surface area contributed by atoms with Crippen LogP contribution in [0.5, 0.6) is 5.75 Å². The van der Waals surface area contributed by atoms with Crippen molar-refractivity contribution in [1.29, 1.82) is 0 Å². The van der Waals surface area contributed by atoms with Crippen LogP contribution < -0.4 is 14.9 Å². The van der Waals surface area contributed by atoms with Gasteiger partial charge in [0.2, 0.25) is 0 Å². The number of aryl methyl sites for hydroxylation is 1. The van der Waals surface area contributed by atoms with Crippen molar-refractivity contribution < 1.29 is 12.6 Å². The topological polar surface area (TPSA) is 81.4 Å². The molecule has 1 rings (SSSR count). The van der Waals surface area contributed by atoms with Gasteiger partial charge in [0.15, 0.2) is 0 Å². The van der Waals surface area contributed by atoms with E-state index in [9.17, 15) is 8.42 Å². The van der Waals surface area contributed by atoms with E-state index in [0.29, 0.717) is 0 Å². The van der Waals surface area contributed by atoms with E-state index in [-0.39, 0.29) is 5.75 Å². The summed E-state index contributed by atoms with van der Waals surface area (Å²) < 4.78 is 26.1. The lowest BCUT2D eigenvalue weighted by atomic mass is 10.2. The van der Waals surface area contributed by atoms with Gasteiger partial charge in [0, 0.05) is 0 Å². The highest BCUT2D eigenvalue weighted by Crippen LogP contribution is 2.12. The van der Waals surface area contributed by atoms with Crippen LogP contribution in [0.15, 0.2) is 24.3 Å². The number of nitrogens with one attached hydrogen (secondary N) is 1. The van der Waals surface area contributed by atoms with Crippen molar-refractivity contribution in [2.24, 2.45) is 5.84 Å². The van der Waals surface area contributed by atoms with Gasteiger partial charge in [-0.05, 0) is 19.1 Å². The van der Waals surface area contributed by atoms with Crippen molar-refractivity contribution in [2.75, 3.05) is 0 Å². The molecule has 1 aromatic rings. The normalized spacial score (nSPS) is 11.2. The highest BCUT2D eigenvalue weighted by Gasteiger charge is 2.08. The summed E-state index contributed by atoms with van der Waals surface area (Å²) in [4.78, 5) is 1.55. The molecule has 0 bridgehead atoms. The number of hydrogen-bond donors (Lipinski definition) is 2. The van der Waals surface area contributed by atoms with Crippen LogP contribution in [0.25, 0.3) is 0 Å². The van der Waals surface area contributed by atoms with E-state index >= 15 is 0 Å². The largest absolute Gasteiger partial charge is 0.395 e. The van der Waals surface area contributed by atoms with E-state index in [0.717, 1.165) is 5.56 Å². The van der Waals surface area contributed by atoms with Crippen LogP contribution in [-0.2, 0) is 10.3 Å². The maximum atomic E-state index is 10.8. The van der Waals surface area contributed by atoms with Gasteiger partial charge in [0.05, 0.1) is 0 Å². The molecule has 0 aliphatic carbocycles. The number of hydrazine groups is 1. The molecule has 3 N–H and O–H groups in total. The Morgan fingerprint density at radius 1 is 1.31 bits per heavy atom. The maximum absolute atomic E-state index is 10.8. The van der Waals surface area contributed by atoms with Crippen LogP contribution in [0.4, 0.5) is 0 Å². The van der Waals surface area contributed by atoms with Crippen LogP contribution in [-0.4, -0.2) is 8.42 Å². The van der Waals surface area contributed by atoms with E-state index < -0.39 is 10.3 Å². The second-order valence-electron chi connectivity index (χ2n) is 2.47. The van der Waals surface area contributed by atoms with Crippen LogP contribution in [0.3, 0.4) is 0 Å². The molecular formula is C7H10N2O3S. The van der Waals surface area contributed by atoms with Crippen LogP contribution >= 0.6 is 0 Å². The van der Waals surface area contributed by atoms with E-state index in [1.165, 1.54) is 0 Å². The molecule has 0 radical (unpaired) electrons. The first-order chi connectivity index (χ1) is 6.03. The number of benzene rings is 1. The van der Waals surface area contributed by atoms with Crippen LogP contribution in [0.2, 0.25) is 0 Å². The van der Waals surface area contributed by atoms with Gasteiger partial charge >= 0.3 is 10.3 Å². The van der Waals surface area contributed by atoms with Crippen molar-refractivity contribution in [3.05, 3.63) is 29.8 Å². The third-order valence-electron chi connectivity index (χ3n) is 1.37. The lowest BCUT2D eigenvalue weighted by Crippen LogP contribution is -2.33. The van der Waals surface area contributed by atoms with Gasteiger partial charge in [-0.3, -0.25) is 5.84 Å². The third kappa shape index (κ3) is 3.02. The zero-order valence-electron chi connectivity index (χ0n) is 7.02. The van der Waals surface area contributed by atoms with Gasteiger partial charge in [-0.15, -0.1) is 4.83 Å². The summed E-state index contributed by atoms with van der Waals surface area (Å²) in [6.45, 7) is 1.89. The Morgan fingerprint density at radius 2 is 1.85 bits per heavy atom. The summed E-state index contributed by atoms with van der Waals surface area (Å²) in [7, 11) is -3.86. The molecule has 0 heterocycles. The Labute approximate surface area is 76.7 Å². The summed E-state index contributed by atoms with van der Waals surface area (Å²) in [6.07, 6.45) is 0. The molecule has 0 aliphatic heterocycles. The molecule has 72 valence electrons. The minimum absolute atomic E-state index is 0.226. The van der Waals surface area contributed by atoms with Gasteiger partial charge in [0.1, 0.15) is 5.75 Å². The first-order valence-electron chi connectivity index (χ1n) is 3.52. The van der Waals surface area contributed by atoms with Crippen molar-refractivity contribution >= 4 is 10.3 Å². The Bertz CT molecular complexity index is 371. The van der Waals surface area contributed by atoms with Gasteiger partial charge < -0.3 is 4.18 Å². The van der Waals surface area contributed by atoms with Gasteiger partial charge in [-0.25, -0.2) is 0 Å². The Balaban J connectivity index is 2.82. The lowest BCUT2D eigenvalue weighted by molar-refractivity contribution is 0.473. The zero-order valence-corrected chi connectivity index (χ0v) is 7.84. The molecule has 1 aromatic carbocycles. The number of nitrogens with two attached hydrogens (primary N) is 1. The molecule has 0 aliphatic rings. The fourth-order valence-corrected chi connectivity index (χ4v) is 1.16. The summed E-state index contributed by atoms with van der Waals surface area (Å²) >= 11 is 0. The SMILES string of the molecule is Cc1ccc(OS(=O)(=O)NN)cc1. The van der Waals surface area contributed by atoms with Crippen molar-refractivity contribution in [3.63, 3.8) is 0 Å². The summed E-state index contributed by atoms with van der Waals surface area (Å²) in [5.41, 5.74) is 1.02. The van der Waals surface area contributed by atoms with Crippen LogP contribution in [0, 0.1) is 6.92 Å². The Kier molecular flexibility index (Phi) is 2.86. The fourth-order valence-electron chi connectivity index (χ4n) is 0.745. The van der Waals surface area contributed by atoms with Crippen molar-refractivity contribution in [2.45, 2.75) is 6.92 Å². The van der Waals surface area contributed by atoms with Crippen molar-refractivity contribution in [3.8, 4) is 5.75 Å². The molecular weight excluding hydrogens is 192 g/mol. The second-order valence-corrected chi connectivity index (χ2v) is 3.78. The standard InChI is InChI=1S/C7H10N2O3S/c1-6-2-4-7(5-3-6)12-13(10,11)9-8/h2-5,9H,8H2,1H3. The predicted molar refractivity (Wildman–Crippen MR) is 48.0 cm³/mol. The molecule has 0 spiro atoms. The van der Waals surface area contributed by atoms with Gasteiger partial charge in [0.25, 0.3) is 0 Å². The summed E-state index contributed by atoms with van der Waals surface area (Å²) in [5.74, 6) is 4.95. The average molecular weight is 202 g/mol. The molecule has 0 atom stereocenters. The highest BCUT2D eigenvalue weighted by molar-refractivity contribution is 7.85. The molecule has 0 fully saturated rings. The second kappa shape index (κ2) is 3.73. The number of rotatable bonds is 3. The number of hydrogen-bond acceptors (Lipinski definition) is 4. The zero-order chi connectivity index (χ0) is 9.90. The van der Waals surface area contributed by atoms with E-state index in [1.54, 1.807) is 29.1 Å². The molecule has 13 heavy (non-hydrogen) atoms. The van der Waals surface area contributed by atoms with Crippen LogP contribution in [0.1, 0.15) is 5.56 Å². The van der Waals surface area contributed by atoms with E-state index in [1.807, 2.05) is 6.92 Å². The molecule has 0 aromatic heterocycles. The summed E-state index contributed by atoms with van der Waals surface area (Å²) in [5, 5.41) is 0. The van der Waals surface area contributed by atoms with E-state index in [2.05, 4.69) is 4.18 Å². The minimum atomic E-state index is -3.86. The third-order valence-corrected chi connectivity index (χ3v) is 2.07. The molecule has 0 saturated carbocycles. The highest BCUT2D eigenvalue weighted by atomic mass is 32.2. The maximum Gasteiger partial charge on any atom is 0.395 e. The Hall–Kier alpha value is -1.11. The van der Waals surface area contributed by atoms with Crippen molar-refractivity contribution in [1.82, 2.24) is 4.83 Å². The first-order valence-corrected chi connectivity index (χ1v) is 4.93. The minimum Gasteiger partial charge on any atom is -0.370 e. The molecule has 6 heteroatoms. The predicted octanol–water partition coefficient (Wildman–Crippen LogP) is 0.0819. The average Bonchev–Trinajstić information content (AvgIpc) is 2.09. The van der Waals surface area contributed by atoms with E-state index in [4.69, 9.17) is 5.84 Å². The fraction of sp³-hybridized carbons (Fsp3) is 0.143. The smallest absolute Gasteiger partial charge is 0.370 e. The summed E-state index contributed by atoms with van der Waals surface area (Å²) in [6, 6.07) is 6.57. The Morgan fingerprint density at radius 3 is 2.31 bits per heavy atom. The molecule has 0 saturated heterocycles. The molecule has 0 amide bonds. The van der Waals surface area contributed by atoms with Gasteiger partial charge in [-0.2, -0.15) is 8.42 Å². The monoisotopic (exact) mass is 202 g/mol. The van der Waals surface area contributed by atoms with Gasteiger partial charge in [-0.1, -0.05) is 17.7 Å². The quantitative estimate of drug-likeness (QED) is 0.537. The molecule has 0 unspecified atom stereocenters. The first kappa shape index (κ1) is 9.97.